The molecule has 0 aliphatic carbocycles. The van der Waals surface area contributed by atoms with Crippen molar-refractivity contribution in [1.82, 2.24) is 9.38 Å². The second kappa shape index (κ2) is 5.18. The largest absolute Gasteiger partial charge is 0.326 e. The Kier molecular flexibility index (Phi) is 3.52. The fraction of sp³-hybridized carbons (Fsp3) is 0.500. The van der Waals surface area contributed by atoms with E-state index in [1.54, 1.807) is 0 Å². The van der Waals surface area contributed by atoms with Crippen LogP contribution in [0.2, 0.25) is 0 Å². The molecule has 20 heavy (non-hydrogen) atoms. The Hall–Kier alpha value is -1.40. The highest BCUT2D eigenvalue weighted by Crippen LogP contribution is 2.23. The van der Waals surface area contributed by atoms with Crippen LogP contribution in [0.5, 0.6) is 0 Å². The zero-order chi connectivity index (χ0) is 14.2. The van der Waals surface area contributed by atoms with Gasteiger partial charge in [-0.15, -0.1) is 0 Å². The Morgan fingerprint density at radius 2 is 2.25 bits per heavy atom. The molecule has 0 spiro atoms. The van der Waals surface area contributed by atoms with Crippen molar-refractivity contribution < 1.29 is 8.42 Å². The van der Waals surface area contributed by atoms with Gasteiger partial charge in [0.1, 0.15) is 5.65 Å². The van der Waals surface area contributed by atoms with Crippen molar-refractivity contribution in [3.63, 3.8) is 0 Å². The topological polar surface area (TPSA) is 77.5 Å². The third kappa shape index (κ3) is 2.58. The lowest BCUT2D eigenvalue weighted by atomic mass is 10.1. The predicted molar refractivity (Wildman–Crippen MR) is 78.2 cm³/mol. The van der Waals surface area contributed by atoms with E-state index in [0.29, 0.717) is 18.7 Å². The second-order valence-corrected chi connectivity index (χ2v) is 7.83. The van der Waals surface area contributed by atoms with Crippen molar-refractivity contribution in [2.75, 3.05) is 5.75 Å². The summed E-state index contributed by atoms with van der Waals surface area (Å²) in [7, 11) is -2.94. The van der Waals surface area contributed by atoms with Crippen LogP contribution in [0.3, 0.4) is 0 Å². The number of imidazole rings is 1. The molecule has 1 aliphatic heterocycles. The minimum absolute atomic E-state index is 0.268. The van der Waals surface area contributed by atoms with Crippen LogP contribution in [0.1, 0.15) is 30.5 Å². The van der Waals surface area contributed by atoms with Gasteiger partial charge in [0.15, 0.2) is 9.84 Å². The molecule has 2 N–H and O–H groups in total. The smallest absolute Gasteiger partial charge is 0.153 e. The molecule has 2 aromatic heterocycles. The van der Waals surface area contributed by atoms with Crippen LogP contribution < -0.4 is 5.73 Å². The number of pyridine rings is 1. The Morgan fingerprint density at radius 3 is 3.00 bits per heavy atom. The first-order chi connectivity index (χ1) is 9.58. The summed E-state index contributed by atoms with van der Waals surface area (Å²) in [6.45, 7) is 0.482. The zero-order valence-electron chi connectivity index (χ0n) is 11.3. The molecule has 0 radical (unpaired) electrons. The summed E-state index contributed by atoms with van der Waals surface area (Å²) in [5.74, 6) is 0.322. The maximum Gasteiger partial charge on any atom is 0.153 e. The Labute approximate surface area is 118 Å². The highest BCUT2D eigenvalue weighted by atomic mass is 32.2. The quantitative estimate of drug-likeness (QED) is 0.925. The van der Waals surface area contributed by atoms with Crippen molar-refractivity contribution in [3.05, 3.63) is 35.8 Å². The summed E-state index contributed by atoms with van der Waals surface area (Å²) in [5.41, 5.74) is 8.32. The molecule has 2 aromatic rings. The molecular weight excluding hydrogens is 274 g/mol. The molecule has 1 aliphatic rings. The summed E-state index contributed by atoms with van der Waals surface area (Å²) in [6, 6.07) is 3.90. The maximum atomic E-state index is 12.1. The van der Waals surface area contributed by atoms with Gasteiger partial charge in [0.05, 0.1) is 16.7 Å². The van der Waals surface area contributed by atoms with E-state index in [4.69, 9.17) is 5.73 Å². The van der Waals surface area contributed by atoms with E-state index < -0.39 is 9.84 Å². The van der Waals surface area contributed by atoms with E-state index in [2.05, 4.69) is 4.98 Å². The van der Waals surface area contributed by atoms with Crippen LogP contribution in [0, 0.1) is 0 Å². The van der Waals surface area contributed by atoms with E-state index in [0.717, 1.165) is 36.2 Å². The Morgan fingerprint density at radius 1 is 1.40 bits per heavy atom. The first-order valence-electron chi connectivity index (χ1n) is 6.96. The van der Waals surface area contributed by atoms with E-state index in [-0.39, 0.29) is 5.25 Å². The van der Waals surface area contributed by atoms with Gasteiger partial charge < -0.3 is 10.1 Å². The lowest BCUT2D eigenvalue weighted by Crippen LogP contribution is -2.30. The van der Waals surface area contributed by atoms with Crippen LogP contribution >= 0.6 is 0 Å². The van der Waals surface area contributed by atoms with Crippen molar-refractivity contribution in [1.29, 1.82) is 0 Å². The van der Waals surface area contributed by atoms with Crippen LogP contribution in [0.15, 0.2) is 24.5 Å². The molecule has 0 amide bonds. The predicted octanol–water partition coefficient (Wildman–Crippen LogP) is 1.30. The summed E-state index contributed by atoms with van der Waals surface area (Å²) >= 11 is 0. The Balaban J connectivity index is 1.87. The number of hydrogen-bond donors (Lipinski definition) is 1. The molecule has 1 fully saturated rings. The monoisotopic (exact) mass is 293 g/mol. The Bertz CT molecular complexity index is 721. The fourth-order valence-electron chi connectivity index (χ4n) is 2.79. The van der Waals surface area contributed by atoms with Crippen LogP contribution in [-0.2, 0) is 22.8 Å². The first kappa shape index (κ1) is 13.6. The molecular formula is C14H19N3O2S. The van der Waals surface area contributed by atoms with E-state index in [1.165, 1.54) is 0 Å². The van der Waals surface area contributed by atoms with Gasteiger partial charge in [0, 0.05) is 25.4 Å². The molecule has 6 heteroatoms. The van der Waals surface area contributed by atoms with Crippen molar-refractivity contribution in [3.8, 4) is 0 Å². The molecule has 0 bridgehead atoms. The van der Waals surface area contributed by atoms with Gasteiger partial charge in [0.25, 0.3) is 0 Å². The van der Waals surface area contributed by atoms with Crippen molar-refractivity contribution >= 4 is 15.5 Å². The van der Waals surface area contributed by atoms with Crippen LogP contribution in [-0.4, -0.2) is 28.8 Å². The zero-order valence-corrected chi connectivity index (χ0v) is 12.1. The SMILES string of the molecule is NCc1ccn2cc(CC3CCCCS3(=O)=O)nc2c1. The number of nitrogens with zero attached hydrogens (tertiary/aromatic N) is 2. The third-order valence-corrected chi connectivity index (χ3v) is 6.24. The highest BCUT2D eigenvalue weighted by molar-refractivity contribution is 7.92. The second-order valence-electron chi connectivity index (χ2n) is 5.43. The minimum Gasteiger partial charge on any atom is -0.326 e. The number of fused-ring (bicyclic) bond motifs is 1. The number of sulfone groups is 1. The molecule has 0 aromatic carbocycles. The molecule has 0 saturated carbocycles. The normalized spacial score (nSPS) is 22.1. The fourth-order valence-corrected chi connectivity index (χ4v) is 4.68. The van der Waals surface area contributed by atoms with Gasteiger partial charge in [-0.3, -0.25) is 0 Å². The molecule has 3 rings (SSSR count). The average Bonchev–Trinajstić information content (AvgIpc) is 2.82. The minimum atomic E-state index is -2.94. The number of aromatic nitrogens is 2. The van der Waals surface area contributed by atoms with Gasteiger partial charge in [0.2, 0.25) is 0 Å². The lowest BCUT2D eigenvalue weighted by molar-refractivity contribution is 0.536. The number of rotatable bonds is 3. The molecule has 108 valence electrons. The van der Waals surface area contributed by atoms with E-state index in [1.807, 2.05) is 28.9 Å². The first-order valence-corrected chi connectivity index (χ1v) is 8.68. The summed E-state index contributed by atoms with van der Waals surface area (Å²) in [6.07, 6.45) is 6.90. The maximum absolute atomic E-state index is 12.1. The van der Waals surface area contributed by atoms with Gasteiger partial charge in [-0.05, 0) is 30.5 Å². The number of hydrogen-bond acceptors (Lipinski definition) is 4. The average molecular weight is 293 g/mol. The summed E-state index contributed by atoms with van der Waals surface area (Å²) in [4.78, 5) is 4.52. The highest BCUT2D eigenvalue weighted by Gasteiger charge is 2.29. The van der Waals surface area contributed by atoms with Crippen molar-refractivity contribution in [2.45, 2.75) is 37.5 Å². The van der Waals surface area contributed by atoms with E-state index >= 15 is 0 Å². The molecule has 3 heterocycles. The van der Waals surface area contributed by atoms with Gasteiger partial charge >= 0.3 is 0 Å². The van der Waals surface area contributed by atoms with Crippen LogP contribution in [0.25, 0.3) is 5.65 Å². The summed E-state index contributed by atoms with van der Waals surface area (Å²) < 4.78 is 26.0. The molecule has 5 nitrogen and oxygen atoms in total. The van der Waals surface area contributed by atoms with Crippen LogP contribution in [0.4, 0.5) is 0 Å². The van der Waals surface area contributed by atoms with Crippen molar-refractivity contribution in [2.24, 2.45) is 5.73 Å². The molecule has 1 atom stereocenters. The van der Waals surface area contributed by atoms with E-state index in [9.17, 15) is 8.42 Å². The third-order valence-electron chi connectivity index (χ3n) is 3.96. The standard InChI is InChI=1S/C14H19N3O2S/c15-9-11-4-5-17-10-12(16-14(17)7-11)8-13-3-1-2-6-20(13,18)19/h4-5,7,10,13H,1-3,6,8-9,15H2. The van der Waals surface area contributed by atoms with Gasteiger partial charge in [-0.1, -0.05) is 6.42 Å². The summed E-state index contributed by atoms with van der Waals surface area (Å²) in [5, 5.41) is -0.268. The van der Waals surface area contributed by atoms with Gasteiger partial charge in [-0.25, -0.2) is 13.4 Å². The number of nitrogens with two attached hydrogens (primary N) is 1. The molecule has 1 saturated heterocycles. The lowest BCUT2D eigenvalue weighted by Gasteiger charge is -2.21. The van der Waals surface area contributed by atoms with Gasteiger partial charge in [-0.2, -0.15) is 0 Å². The molecule has 1 unspecified atom stereocenters.